The number of nitrogens with two attached hydrogens (primary N) is 1. The van der Waals surface area contributed by atoms with Crippen LogP contribution in [0.4, 0.5) is 0 Å². The zero-order valence-electron chi connectivity index (χ0n) is 17.1. The summed E-state index contributed by atoms with van der Waals surface area (Å²) >= 11 is 0. The van der Waals surface area contributed by atoms with Gasteiger partial charge in [-0.05, 0) is 38.0 Å². The van der Waals surface area contributed by atoms with Gasteiger partial charge in [-0.15, -0.1) is 0 Å². The van der Waals surface area contributed by atoms with Gasteiger partial charge in [0.1, 0.15) is 29.8 Å². The Bertz CT molecular complexity index is 927. The molecule has 8 heteroatoms. The quantitative estimate of drug-likeness (QED) is 0.685. The topological polar surface area (TPSA) is 115 Å². The number of hydrogen-bond donors (Lipinski definition) is 1. The van der Waals surface area contributed by atoms with Crippen LogP contribution in [0.1, 0.15) is 38.2 Å². The van der Waals surface area contributed by atoms with Crippen LogP contribution in [0.3, 0.4) is 0 Å². The first-order valence-corrected chi connectivity index (χ1v) is 9.92. The normalized spacial score (nSPS) is 18.9. The summed E-state index contributed by atoms with van der Waals surface area (Å²) in [6, 6.07) is 9.14. The second-order valence-electron chi connectivity index (χ2n) is 7.02. The van der Waals surface area contributed by atoms with Crippen molar-refractivity contribution in [3.05, 3.63) is 52.6 Å². The van der Waals surface area contributed by atoms with Crippen LogP contribution in [0.15, 0.2) is 47.1 Å². The molecular weight excluding hydrogens is 386 g/mol. The van der Waals surface area contributed by atoms with E-state index in [0.717, 1.165) is 13.0 Å². The third kappa shape index (κ3) is 4.40. The third-order valence-electron chi connectivity index (χ3n) is 5.12. The van der Waals surface area contributed by atoms with E-state index in [1.54, 1.807) is 43.0 Å². The summed E-state index contributed by atoms with van der Waals surface area (Å²) < 4.78 is 16.3. The molecule has 1 unspecified atom stereocenters. The number of esters is 1. The maximum atomic E-state index is 12.5. The summed E-state index contributed by atoms with van der Waals surface area (Å²) in [6.07, 6.45) is 1.50. The minimum absolute atomic E-state index is 0.0244. The molecule has 0 radical (unpaired) electrons. The lowest BCUT2D eigenvalue weighted by molar-refractivity contribution is -0.139. The van der Waals surface area contributed by atoms with Crippen LogP contribution < -0.4 is 10.5 Å². The molecule has 2 aliphatic rings. The Balaban J connectivity index is 1.77. The fourth-order valence-corrected chi connectivity index (χ4v) is 3.66. The Morgan fingerprint density at radius 1 is 1.37 bits per heavy atom. The molecule has 1 aromatic rings. The molecule has 1 fully saturated rings. The Morgan fingerprint density at radius 2 is 2.10 bits per heavy atom. The molecule has 0 spiro atoms. The second kappa shape index (κ2) is 9.35. The van der Waals surface area contributed by atoms with Crippen LogP contribution in [0, 0.1) is 11.3 Å². The zero-order chi connectivity index (χ0) is 21.7. The predicted octanol–water partition coefficient (Wildman–Crippen LogP) is 2.33. The van der Waals surface area contributed by atoms with Crippen molar-refractivity contribution in [1.82, 2.24) is 4.90 Å². The van der Waals surface area contributed by atoms with Gasteiger partial charge in [0.2, 0.25) is 11.8 Å². The van der Waals surface area contributed by atoms with Crippen molar-refractivity contribution in [3.63, 3.8) is 0 Å². The molecule has 2 aliphatic heterocycles. The highest BCUT2D eigenvalue weighted by Gasteiger charge is 2.36. The first kappa shape index (κ1) is 21.2. The Kier molecular flexibility index (Phi) is 6.62. The van der Waals surface area contributed by atoms with Gasteiger partial charge in [-0.3, -0.25) is 4.79 Å². The maximum absolute atomic E-state index is 12.5. The number of carbonyl (C=O) groups excluding carboxylic acids is 2. The van der Waals surface area contributed by atoms with Gasteiger partial charge in [-0.1, -0.05) is 12.1 Å². The number of rotatable bonds is 7. The Hall–Kier alpha value is -3.47. The van der Waals surface area contributed by atoms with E-state index in [0.29, 0.717) is 36.6 Å². The number of ether oxygens (including phenoxy) is 3. The molecular formula is C22H25N3O5. The largest absolute Gasteiger partial charge is 0.492 e. The van der Waals surface area contributed by atoms with E-state index < -0.39 is 11.9 Å². The highest BCUT2D eigenvalue weighted by Crippen LogP contribution is 2.39. The van der Waals surface area contributed by atoms with Crippen LogP contribution >= 0.6 is 0 Å². The summed E-state index contributed by atoms with van der Waals surface area (Å²) in [5, 5.41) is 9.61. The number of amides is 1. The number of benzene rings is 1. The van der Waals surface area contributed by atoms with Crippen LogP contribution in [-0.2, 0) is 19.1 Å². The first-order valence-electron chi connectivity index (χ1n) is 9.92. The SMILES string of the molecule is CCOC(=O)C1=C(C)OC(N)=C(C#N)C1c1ccc(OCCN2CCCC2=O)cc1. The van der Waals surface area contributed by atoms with Gasteiger partial charge in [0.25, 0.3) is 0 Å². The highest BCUT2D eigenvalue weighted by atomic mass is 16.5. The molecule has 0 aromatic heterocycles. The van der Waals surface area contributed by atoms with Gasteiger partial charge < -0.3 is 24.8 Å². The monoisotopic (exact) mass is 411 g/mol. The molecule has 1 saturated heterocycles. The number of carbonyl (C=O) groups is 2. The molecule has 3 rings (SSSR count). The number of allylic oxidation sites excluding steroid dienone is 2. The van der Waals surface area contributed by atoms with Crippen LogP contribution in [-0.4, -0.2) is 43.1 Å². The highest BCUT2D eigenvalue weighted by molar-refractivity contribution is 5.92. The molecule has 158 valence electrons. The summed E-state index contributed by atoms with van der Waals surface area (Å²) in [7, 11) is 0. The van der Waals surface area contributed by atoms with Crippen molar-refractivity contribution in [2.45, 2.75) is 32.6 Å². The molecule has 0 bridgehead atoms. The van der Waals surface area contributed by atoms with Gasteiger partial charge in [0.15, 0.2) is 0 Å². The van der Waals surface area contributed by atoms with Crippen molar-refractivity contribution < 1.29 is 23.8 Å². The van der Waals surface area contributed by atoms with E-state index in [4.69, 9.17) is 19.9 Å². The van der Waals surface area contributed by atoms with Crippen molar-refractivity contribution in [1.29, 1.82) is 5.26 Å². The van der Waals surface area contributed by atoms with E-state index >= 15 is 0 Å². The van der Waals surface area contributed by atoms with Crippen molar-refractivity contribution in [2.75, 3.05) is 26.3 Å². The second-order valence-corrected chi connectivity index (χ2v) is 7.02. The van der Waals surface area contributed by atoms with Crippen LogP contribution in [0.2, 0.25) is 0 Å². The third-order valence-corrected chi connectivity index (χ3v) is 5.12. The van der Waals surface area contributed by atoms with E-state index in [1.165, 1.54) is 0 Å². The van der Waals surface area contributed by atoms with E-state index in [-0.39, 0.29) is 29.5 Å². The zero-order valence-corrected chi connectivity index (χ0v) is 17.1. The fraction of sp³-hybridized carbons (Fsp3) is 0.409. The lowest BCUT2D eigenvalue weighted by atomic mass is 9.83. The number of hydrogen-bond acceptors (Lipinski definition) is 7. The minimum Gasteiger partial charge on any atom is -0.492 e. The molecule has 2 heterocycles. The molecule has 30 heavy (non-hydrogen) atoms. The molecule has 1 amide bonds. The molecule has 1 atom stereocenters. The molecule has 1 aromatic carbocycles. The lowest BCUT2D eigenvalue weighted by Crippen LogP contribution is -2.29. The Labute approximate surface area is 175 Å². The summed E-state index contributed by atoms with van der Waals surface area (Å²) in [4.78, 5) is 26.0. The summed E-state index contributed by atoms with van der Waals surface area (Å²) in [5.41, 5.74) is 7.01. The maximum Gasteiger partial charge on any atom is 0.338 e. The molecule has 2 N–H and O–H groups in total. The summed E-state index contributed by atoms with van der Waals surface area (Å²) in [5.74, 6) is -0.147. The van der Waals surface area contributed by atoms with Crippen molar-refractivity contribution >= 4 is 11.9 Å². The van der Waals surface area contributed by atoms with E-state index in [1.807, 2.05) is 0 Å². The lowest BCUT2D eigenvalue weighted by Gasteiger charge is -2.27. The first-order chi connectivity index (χ1) is 14.5. The average molecular weight is 411 g/mol. The minimum atomic E-state index is -0.681. The summed E-state index contributed by atoms with van der Waals surface area (Å²) in [6.45, 7) is 5.26. The van der Waals surface area contributed by atoms with Gasteiger partial charge in [-0.25, -0.2) is 4.79 Å². The number of nitriles is 1. The van der Waals surface area contributed by atoms with Gasteiger partial charge >= 0.3 is 5.97 Å². The van der Waals surface area contributed by atoms with Crippen molar-refractivity contribution in [3.8, 4) is 11.8 Å². The van der Waals surface area contributed by atoms with Crippen molar-refractivity contribution in [2.24, 2.45) is 5.73 Å². The van der Waals surface area contributed by atoms with E-state index in [2.05, 4.69) is 6.07 Å². The fourth-order valence-electron chi connectivity index (χ4n) is 3.66. The molecule has 0 saturated carbocycles. The van der Waals surface area contributed by atoms with Gasteiger partial charge in [0.05, 0.1) is 24.6 Å². The number of likely N-dealkylation sites (tertiary alicyclic amines) is 1. The smallest absolute Gasteiger partial charge is 0.338 e. The predicted molar refractivity (Wildman–Crippen MR) is 108 cm³/mol. The molecule has 8 nitrogen and oxygen atoms in total. The van der Waals surface area contributed by atoms with Crippen LogP contribution in [0.5, 0.6) is 5.75 Å². The van der Waals surface area contributed by atoms with E-state index in [9.17, 15) is 14.9 Å². The number of nitrogens with zero attached hydrogens (tertiary/aromatic N) is 2. The van der Waals surface area contributed by atoms with Gasteiger partial charge in [0, 0.05) is 13.0 Å². The van der Waals surface area contributed by atoms with Crippen LogP contribution in [0.25, 0.3) is 0 Å². The average Bonchev–Trinajstić information content (AvgIpc) is 3.13. The Morgan fingerprint density at radius 3 is 2.70 bits per heavy atom. The molecule has 0 aliphatic carbocycles. The van der Waals surface area contributed by atoms with Gasteiger partial charge in [-0.2, -0.15) is 5.26 Å². The standard InChI is InChI=1S/C22H25N3O5/c1-3-28-22(27)19-14(2)30-21(24)17(13-23)20(19)15-6-8-16(9-7-15)29-12-11-25-10-4-5-18(25)26/h6-9,20H,3-5,10-12,24H2,1-2H3.